The second-order valence-electron chi connectivity index (χ2n) is 3.25. The Balaban J connectivity index is 3.42. The molecule has 0 saturated heterocycles. The average molecular weight is 210 g/mol. The van der Waals surface area contributed by atoms with Gasteiger partial charge in [0.05, 0.1) is 6.10 Å². The highest BCUT2D eigenvalue weighted by Crippen LogP contribution is 1.99. The van der Waals surface area contributed by atoms with Crippen molar-refractivity contribution in [3.63, 3.8) is 0 Å². The Morgan fingerprint density at radius 3 is 2.73 bits per heavy atom. The number of hydrogen-bond donors (Lipinski definition) is 2. The quantitative estimate of drug-likeness (QED) is 0.400. The molecule has 2 N–H and O–H groups in total. The number of carboxylic acid groups (broad SMARTS) is 1. The Kier molecular flexibility index (Phi) is 8.50. The van der Waals surface area contributed by atoms with Gasteiger partial charge in [0.15, 0.2) is 0 Å². The van der Waals surface area contributed by atoms with E-state index in [-0.39, 0.29) is 6.42 Å². The van der Waals surface area contributed by atoms with E-state index < -0.39 is 12.1 Å². The van der Waals surface area contributed by atoms with Gasteiger partial charge in [0, 0.05) is 19.3 Å². The van der Waals surface area contributed by atoms with Crippen LogP contribution in [-0.4, -0.2) is 22.3 Å². The Labute approximate surface area is 90.8 Å². The fourth-order valence-electron chi connectivity index (χ4n) is 1.04. The van der Waals surface area contributed by atoms with Crippen LogP contribution in [0.25, 0.3) is 0 Å². The van der Waals surface area contributed by atoms with Crippen molar-refractivity contribution < 1.29 is 15.0 Å². The third-order valence-corrected chi connectivity index (χ3v) is 1.79. The van der Waals surface area contributed by atoms with Gasteiger partial charge in [0.25, 0.3) is 0 Å². The first kappa shape index (κ1) is 13.7. The highest BCUT2D eigenvalue weighted by molar-refractivity contribution is 5.66. The largest absolute Gasteiger partial charge is 0.481 e. The van der Waals surface area contributed by atoms with Crippen LogP contribution in [0.5, 0.6) is 0 Å². The fourth-order valence-corrected chi connectivity index (χ4v) is 1.04. The zero-order chi connectivity index (χ0) is 11.5. The van der Waals surface area contributed by atoms with E-state index in [1.165, 1.54) is 0 Å². The predicted molar refractivity (Wildman–Crippen MR) is 59.3 cm³/mol. The molecule has 0 saturated carbocycles. The lowest BCUT2D eigenvalue weighted by Crippen LogP contribution is -1.98. The fraction of sp³-hybridized carbons (Fsp3) is 0.583. The van der Waals surface area contributed by atoms with Crippen LogP contribution >= 0.6 is 0 Å². The molecule has 0 rings (SSSR count). The van der Waals surface area contributed by atoms with Gasteiger partial charge in [-0.1, -0.05) is 12.2 Å². The maximum atomic E-state index is 10.2. The maximum absolute atomic E-state index is 10.2. The molecular weight excluding hydrogens is 192 g/mol. The molecule has 0 radical (unpaired) electrons. The molecular formula is C12H18O3. The molecule has 3 heteroatoms. The van der Waals surface area contributed by atoms with Crippen LogP contribution in [0.2, 0.25) is 0 Å². The third-order valence-electron chi connectivity index (χ3n) is 1.79. The summed E-state index contributed by atoms with van der Waals surface area (Å²) in [4.78, 5) is 10.2. The summed E-state index contributed by atoms with van der Waals surface area (Å²) in [5.74, 6) is 5.01. The summed E-state index contributed by atoms with van der Waals surface area (Å²) in [6.45, 7) is 1.85. The molecule has 0 bridgehead atoms. The van der Waals surface area contributed by atoms with Crippen molar-refractivity contribution in [3.8, 4) is 11.8 Å². The van der Waals surface area contributed by atoms with Crippen molar-refractivity contribution in [2.24, 2.45) is 0 Å². The van der Waals surface area contributed by atoms with E-state index in [1.807, 2.05) is 6.92 Å². The number of unbranched alkanes of at least 4 members (excludes halogenated alkanes) is 2. The topological polar surface area (TPSA) is 57.5 Å². The minimum absolute atomic E-state index is 0.211. The van der Waals surface area contributed by atoms with E-state index in [0.29, 0.717) is 19.3 Å². The first-order chi connectivity index (χ1) is 7.16. The monoisotopic (exact) mass is 210 g/mol. The standard InChI is InChI=1S/C12H18O3/c1-2-8-11(13)9-6-4-3-5-7-10-12(14)15/h2,8,11,13H,3,5,7,9-10H2,1H3,(H,14,15)/b8-2+. The van der Waals surface area contributed by atoms with Crippen molar-refractivity contribution in [1.82, 2.24) is 0 Å². The summed E-state index contributed by atoms with van der Waals surface area (Å²) in [7, 11) is 0. The molecule has 0 fully saturated rings. The van der Waals surface area contributed by atoms with Crippen LogP contribution in [0.4, 0.5) is 0 Å². The molecule has 0 aromatic carbocycles. The number of aliphatic hydroxyl groups is 1. The zero-order valence-electron chi connectivity index (χ0n) is 9.07. The lowest BCUT2D eigenvalue weighted by atomic mass is 10.2. The van der Waals surface area contributed by atoms with Crippen molar-refractivity contribution in [3.05, 3.63) is 12.2 Å². The van der Waals surface area contributed by atoms with Crippen LogP contribution in [0.15, 0.2) is 12.2 Å². The van der Waals surface area contributed by atoms with Gasteiger partial charge in [0.1, 0.15) is 0 Å². The van der Waals surface area contributed by atoms with Gasteiger partial charge >= 0.3 is 5.97 Å². The zero-order valence-corrected chi connectivity index (χ0v) is 9.07. The summed E-state index contributed by atoms with van der Waals surface area (Å²) in [5, 5.41) is 17.6. The minimum Gasteiger partial charge on any atom is -0.481 e. The molecule has 3 nitrogen and oxygen atoms in total. The second kappa shape index (κ2) is 9.29. The third kappa shape index (κ3) is 10.7. The Morgan fingerprint density at radius 2 is 2.13 bits per heavy atom. The van der Waals surface area contributed by atoms with E-state index in [2.05, 4.69) is 11.8 Å². The normalized spacial score (nSPS) is 12.1. The Hall–Kier alpha value is -1.27. The number of allylic oxidation sites excluding steroid dienone is 1. The summed E-state index contributed by atoms with van der Waals surface area (Å²) in [6, 6.07) is 0. The molecule has 0 aromatic rings. The lowest BCUT2D eigenvalue weighted by molar-refractivity contribution is -0.137. The van der Waals surface area contributed by atoms with Crippen molar-refractivity contribution in [2.45, 2.75) is 45.1 Å². The van der Waals surface area contributed by atoms with Crippen molar-refractivity contribution in [1.29, 1.82) is 0 Å². The van der Waals surface area contributed by atoms with Gasteiger partial charge in [-0.3, -0.25) is 4.79 Å². The van der Waals surface area contributed by atoms with Gasteiger partial charge in [-0.2, -0.15) is 0 Å². The van der Waals surface area contributed by atoms with E-state index >= 15 is 0 Å². The van der Waals surface area contributed by atoms with Gasteiger partial charge in [-0.15, -0.1) is 11.8 Å². The minimum atomic E-state index is -0.758. The first-order valence-electron chi connectivity index (χ1n) is 5.15. The smallest absolute Gasteiger partial charge is 0.303 e. The molecule has 0 aromatic heterocycles. The number of carboxylic acids is 1. The van der Waals surface area contributed by atoms with Crippen LogP contribution in [-0.2, 0) is 4.79 Å². The number of rotatable bonds is 6. The van der Waals surface area contributed by atoms with E-state index in [1.54, 1.807) is 12.2 Å². The maximum Gasteiger partial charge on any atom is 0.303 e. The average Bonchev–Trinajstić information content (AvgIpc) is 2.16. The van der Waals surface area contributed by atoms with Gasteiger partial charge in [-0.05, 0) is 19.8 Å². The van der Waals surface area contributed by atoms with Crippen LogP contribution in [0, 0.1) is 11.8 Å². The predicted octanol–water partition coefficient (Wildman–Crippen LogP) is 1.96. The van der Waals surface area contributed by atoms with E-state index in [4.69, 9.17) is 5.11 Å². The summed E-state index contributed by atoms with van der Waals surface area (Å²) in [6.07, 6.45) is 5.84. The Morgan fingerprint density at radius 1 is 1.40 bits per heavy atom. The first-order valence-corrected chi connectivity index (χ1v) is 5.15. The van der Waals surface area contributed by atoms with Crippen LogP contribution < -0.4 is 0 Å². The molecule has 1 atom stereocenters. The molecule has 0 heterocycles. The molecule has 0 aliphatic carbocycles. The molecule has 0 amide bonds. The van der Waals surface area contributed by atoms with E-state index in [9.17, 15) is 9.90 Å². The lowest BCUT2D eigenvalue weighted by Gasteiger charge is -1.96. The highest BCUT2D eigenvalue weighted by Gasteiger charge is 1.95. The molecule has 1 unspecified atom stereocenters. The summed E-state index contributed by atoms with van der Waals surface area (Å²) < 4.78 is 0. The van der Waals surface area contributed by atoms with Gasteiger partial charge < -0.3 is 10.2 Å². The molecule has 15 heavy (non-hydrogen) atoms. The molecule has 0 aliphatic rings. The van der Waals surface area contributed by atoms with Gasteiger partial charge in [-0.25, -0.2) is 0 Å². The number of aliphatic carboxylic acids is 1. The van der Waals surface area contributed by atoms with Gasteiger partial charge in [0.2, 0.25) is 0 Å². The highest BCUT2D eigenvalue weighted by atomic mass is 16.4. The van der Waals surface area contributed by atoms with Crippen LogP contribution in [0.1, 0.15) is 39.0 Å². The molecule has 0 spiro atoms. The SMILES string of the molecule is C/C=C/C(O)CC#CCCCCC(=O)O. The van der Waals surface area contributed by atoms with Crippen molar-refractivity contribution >= 4 is 5.97 Å². The summed E-state index contributed by atoms with van der Waals surface area (Å²) >= 11 is 0. The Bertz CT molecular complexity index is 258. The second-order valence-corrected chi connectivity index (χ2v) is 3.25. The summed E-state index contributed by atoms with van der Waals surface area (Å²) in [5.41, 5.74) is 0. The molecule has 84 valence electrons. The number of aliphatic hydroxyl groups excluding tert-OH is 1. The number of hydrogen-bond acceptors (Lipinski definition) is 2. The van der Waals surface area contributed by atoms with Crippen molar-refractivity contribution in [2.75, 3.05) is 0 Å². The molecule has 0 aliphatic heterocycles. The van der Waals surface area contributed by atoms with Crippen LogP contribution in [0.3, 0.4) is 0 Å². The van der Waals surface area contributed by atoms with E-state index in [0.717, 1.165) is 6.42 Å². The number of carbonyl (C=O) groups is 1.